The zero-order chi connectivity index (χ0) is 11.5. The summed E-state index contributed by atoms with van der Waals surface area (Å²) in [5.74, 6) is 0.712. The number of ether oxygens (including phenoxy) is 1. The van der Waals surface area contributed by atoms with E-state index in [1.54, 1.807) is 13.2 Å². The number of benzene rings is 1. The smallest absolute Gasteiger partial charge is 0.251 e. The van der Waals surface area contributed by atoms with Gasteiger partial charge in [-0.2, -0.15) is 0 Å². The molecule has 0 atom stereocenters. The minimum absolute atomic E-state index is 0.0372. The summed E-state index contributed by atoms with van der Waals surface area (Å²) >= 11 is 0. The second kappa shape index (κ2) is 4.53. The van der Waals surface area contributed by atoms with Crippen LogP contribution in [0.5, 0.6) is 5.75 Å². The fourth-order valence-electron chi connectivity index (χ4n) is 1.62. The van der Waals surface area contributed by atoms with Gasteiger partial charge in [-0.05, 0) is 24.6 Å². The molecular formula is C12H16N2O2. The van der Waals surface area contributed by atoms with Crippen LogP contribution in [-0.4, -0.2) is 32.1 Å². The van der Waals surface area contributed by atoms with E-state index in [1.807, 2.05) is 19.1 Å². The average Bonchev–Trinajstić information content (AvgIpc) is 2.24. The Bertz CT molecular complexity index is 400. The van der Waals surface area contributed by atoms with Gasteiger partial charge in [0.05, 0.1) is 13.2 Å². The summed E-state index contributed by atoms with van der Waals surface area (Å²) in [6.45, 7) is 3.67. The maximum atomic E-state index is 11.8. The fourth-order valence-corrected chi connectivity index (χ4v) is 1.62. The molecule has 1 aromatic rings. The molecule has 1 amide bonds. The van der Waals surface area contributed by atoms with E-state index < -0.39 is 0 Å². The molecule has 16 heavy (non-hydrogen) atoms. The zero-order valence-corrected chi connectivity index (χ0v) is 9.54. The monoisotopic (exact) mass is 220 g/mol. The van der Waals surface area contributed by atoms with E-state index in [1.165, 1.54) is 0 Å². The van der Waals surface area contributed by atoms with Crippen LogP contribution in [0.15, 0.2) is 18.2 Å². The lowest BCUT2D eigenvalue weighted by Gasteiger charge is -2.28. The summed E-state index contributed by atoms with van der Waals surface area (Å²) in [5, 5.41) is 6.06. The van der Waals surface area contributed by atoms with Gasteiger partial charge < -0.3 is 15.4 Å². The third-order valence-electron chi connectivity index (χ3n) is 2.79. The highest BCUT2D eigenvalue weighted by molar-refractivity contribution is 5.95. The zero-order valence-electron chi connectivity index (χ0n) is 9.54. The number of hydrogen-bond donors (Lipinski definition) is 2. The van der Waals surface area contributed by atoms with Gasteiger partial charge in [-0.15, -0.1) is 0 Å². The largest absolute Gasteiger partial charge is 0.496 e. The van der Waals surface area contributed by atoms with Crippen molar-refractivity contribution in [1.29, 1.82) is 0 Å². The van der Waals surface area contributed by atoms with E-state index >= 15 is 0 Å². The first kappa shape index (κ1) is 11.0. The molecule has 1 fully saturated rings. The summed E-state index contributed by atoms with van der Waals surface area (Å²) < 4.78 is 5.19. The van der Waals surface area contributed by atoms with Gasteiger partial charge in [-0.25, -0.2) is 0 Å². The second-order valence-corrected chi connectivity index (χ2v) is 4.01. The predicted molar refractivity (Wildman–Crippen MR) is 61.9 cm³/mol. The van der Waals surface area contributed by atoms with E-state index in [0.717, 1.165) is 24.4 Å². The Morgan fingerprint density at radius 1 is 1.50 bits per heavy atom. The van der Waals surface area contributed by atoms with Crippen molar-refractivity contribution in [3.8, 4) is 5.75 Å². The number of rotatable bonds is 3. The van der Waals surface area contributed by atoms with E-state index in [-0.39, 0.29) is 11.9 Å². The summed E-state index contributed by atoms with van der Waals surface area (Å²) in [4.78, 5) is 11.8. The van der Waals surface area contributed by atoms with Crippen molar-refractivity contribution in [3.63, 3.8) is 0 Å². The SMILES string of the molecule is COc1cc(C(=O)NC2CNC2)ccc1C. The van der Waals surface area contributed by atoms with Crippen LogP contribution >= 0.6 is 0 Å². The molecule has 0 aromatic heterocycles. The van der Waals surface area contributed by atoms with Gasteiger partial charge in [-0.1, -0.05) is 6.07 Å². The predicted octanol–water partition coefficient (Wildman–Crippen LogP) is 0.705. The lowest BCUT2D eigenvalue weighted by Crippen LogP contribution is -2.56. The number of carbonyl (C=O) groups is 1. The second-order valence-electron chi connectivity index (χ2n) is 4.01. The van der Waals surface area contributed by atoms with Crippen LogP contribution in [0.4, 0.5) is 0 Å². The first-order chi connectivity index (χ1) is 7.70. The van der Waals surface area contributed by atoms with Crippen molar-refractivity contribution >= 4 is 5.91 Å². The Balaban J connectivity index is 2.09. The lowest BCUT2D eigenvalue weighted by molar-refractivity contribution is 0.0923. The van der Waals surface area contributed by atoms with E-state index in [2.05, 4.69) is 10.6 Å². The molecule has 4 heteroatoms. The molecule has 1 aromatic carbocycles. The minimum Gasteiger partial charge on any atom is -0.496 e. The van der Waals surface area contributed by atoms with Gasteiger partial charge in [0.2, 0.25) is 0 Å². The molecule has 0 saturated carbocycles. The average molecular weight is 220 g/mol. The summed E-state index contributed by atoms with van der Waals surface area (Å²) in [6.07, 6.45) is 0. The van der Waals surface area contributed by atoms with Gasteiger partial charge in [0.25, 0.3) is 5.91 Å². The molecule has 0 unspecified atom stereocenters. The highest BCUT2D eigenvalue weighted by Crippen LogP contribution is 2.18. The maximum absolute atomic E-state index is 11.8. The van der Waals surface area contributed by atoms with Gasteiger partial charge in [-0.3, -0.25) is 4.79 Å². The molecule has 1 aliphatic heterocycles. The Hall–Kier alpha value is -1.55. The van der Waals surface area contributed by atoms with Gasteiger partial charge >= 0.3 is 0 Å². The van der Waals surface area contributed by atoms with Crippen molar-refractivity contribution in [2.24, 2.45) is 0 Å². The maximum Gasteiger partial charge on any atom is 0.251 e. The quantitative estimate of drug-likeness (QED) is 0.788. The van der Waals surface area contributed by atoms with Crippen molar-refractivity contribution in [2.75, 3.05) is 20.2 Å². The van der Waals surface area contributed by atoms with Crippen LogP contribution in [0.3, 0.4) is 0 Å². The fraction of sp³-hybridized carbons (Fsp3) is 0.417. The molecule has 2 rings (SSSR count). The van der Waals surface area contributed by atoms with Crippen LogP contribution in [0.25, 0.3) is 0 Å². The number of amides is 1. The van der Waals surface area contributed by atoms with Crippen LogP contribution in [0, 0.1) is 6.92 Å². The molecule has 1 heterocycles. The van der Waals surface area contributed by atoms with Crippen LogP contribution in [-0.2, 0) is 0 Å². The van der Waals surface area contributed by atoms with Crippen molar-refractivity contribution in [1.82, 2.24) is 10.6 Å². The van der Waals surface area contributed by atoms with Crippen molar-refractivity contribution in [2.45, 2.75) is 13.0 Å². The van der Waals surface area contributed by atoms with Gasteiger partial charge in [0, 0.05) is 18.7 Å². The molecule has 0 radical (unpaired) electrons. The summed E-state index contributed by atoms with van der Waals surface area (Å²) in [7, 11) is 1.61. The molecule has 1 aliphatic rings. The number of methoxy groups -OCH3 is 1. The lowest BCUT2D eigenvalue weighted by atomic mass is 10.1. The first-order valence-corrected chi connectivity index (χ1v) is 5.37. The summed E-state index contributed by atoms with van der Waals surface area (Å²) in [6, 6.07) is 5.75. The highest BCUT2D eigenvalue weighted by Gasteiger charge is 2.19. The third kappa shape index (κ3) is 2.17. The molecule has 4 nitrogen and oxygen atoms in total. The molecule has 0 bridgehead atoms. The molecule has 0 aliphatic carbocycles. The van der Waals surface area contributed by atoms with Crippen molar-refractivity contribution < 1.29 is 9.53 Å². The Morgan fingerprint density at radius 3 is 2.81 bits per heavy atom. The number of nitrogens with one attached hydrogen (secondary N) is 2. The van der Waals surface area contributed by atoms with E-state index in [4.69, 9.17) is 4.74 Å². The molecule has 2 N–H and O–H groups in total. The van der Waals surface area contributed by atoms with Gasteiger partial charge in [0.15, 0.2) is 0 Å². The Labute approximate surface area is 95.0 Å². The van der Waals surface area contributed by atoms with Crippen LogP contribution in [0.2, 0.25) is 0 Å². The number of carbonyl (C=O) groups excluding carboxylic acids is 1. The van der Waals surface area contributed by atoms with E-state index in [9.17, 15) is 4.79 Å². The number of aryl methyl sites for hydroxylation is 1. The molecule has 0 spiro atoms. The van der Waals surface area contributed by atoms with Crippen molar-refractivity contribution in [3.05, 3.63) is 29.3 Å². The Morgan fingerprint density at radius 2 is 2.25 bits per heavy atom. The van der Waals surface area contributed by atoms with Gasteiger partial charge in [0.1, 0.15) is 5.75 Å². The van der Waals surface area contributed by atoms with E-state index in [0.29, 0.717) is 5.56 Å². The third-order valence-corrected chi connectivity index (χ3v) is 2.79. The summed E-state index contributed by atoms with van der Waals surface area (Å²) in [5.41, 5.74) is 1.68. The minimum atomic E-state index is -0.0372. The Kier molecular flexibility index (Phi) is 3.10. The number of hydrogen-bond acceptors (Lipinski definition) is 3. The molecule has 1 saturated heterocycles. The van der Waals surface area contributed by atoms with Crippen LogP contribution < -0.4 is 15.4 Å². The first-order valence-electron chi connectivity index (χ1n) is 5.37. The normalized spacial score (nSPS) is 15.4. The van der Waals surface area contributed by atoms with Crippen LogP contribution in [0.1, 0.15) is 15.9 Å². The molecule has 86 valence electrons. The topological polar surface area (TPSA) is 50.4 Å². The highest BCUT2D eigenvalue weighted by atomic mass is 16.5. The standard InChI is InChI=1S/C12H16N2O2/c1-8-3-4-9(5-11(8)16-2)12(15)14-10-6-13-7-10/h3-5,10,13H,6-7H2,1-2H3,(H,14,15). The molecular weight excluding hydrogens is 204 g/mol.